The molecular formula is C16H21N3O. The third-order valence-electron chi connectivity index (χ3n) is 3.64. The highest BCUT2D eigenvalue weighted by Crippen LogP contribution is 2.40. The Labute approximate surface area is 119 Å². The maximum Gasteiger partial charge on any atom is 0.131 e. The van der Waals surface area contributed by atoms with Crippen LogP contribution in [0.3, 0.4) is 0 Å². The van der Waals surface area contributed by atoms with Gasteiger partial charge in [0.25, 0.3) is 0 Å². The number of aryl methyl sites for hydroxylation is 1. The summed E-state index contributed by atoms with van der Waals surface area (Å²) < 4.78 is 7.76. The summed E-state index contributed by atoms with van der Waals surface area (Å²) in [5, 5.41) is 0. The Balaban J connectivity index is 1.87. The van der Waals surface area contributed by atoms with E-state index in [2.05, 4.69) is 16.5 Å². The van der Waals surface area contributed by atoms with Gasteiger partial charge in [0, 0.05) is 11.6 Å². The first-order valence-corrected chi connectivity index (χ1v) is 7.28. The van der Waals surface area contributed by atoms with Gasteiger partial charge < -0.3 is 15.0 Å². The lowest BCUT2D eigenvalue weighted by molar-refractivity contribution is 0.317. The summed E-state index contributed by atoms with van der Waals surface area (Å²) in [7, 11) is 0. The molecule has 1 aliphatic rings. The number of ether oxygens (including phenoxy) is 1. The number of nitrogens with two attached hydrogens (primary N) is 1. The fourth-order valence-corrected chi connectivity index (χ4v) is 2.50. The summed E-state index contributed by atoms with van der Waals surface area (Å²) >= 11 is 0. The Morgan fingerprint density at radius 1 is 1.30 bits per heavy atom. The molecule has 1 heterocycles. The van der Waals surface area contributed by atoms with Crippen molar-refractivity contribution in [1.29, 1.82) is 0 Å². The minimum Gasteiger partial charge on any atom is -0.494 e. The van der Waals surface area contributed by atoms with E-state index in [0.717, 1.165) is 41.7 Å². The molecule has 2 N–H and O–H groups in total. The third-order valence-corrected chi connectivity index (χ3v) is 3.64. The van der Waals surface area contributed by atoms with E-state index in [1.54, 1.807) is 0 Å². The molecule has 0 unspecified atom stereocenters. The van der Waals surface area contributed by atoms with Crippen LogP contribution < -0.4 is 10.5 Å². The van der Waals surface area contributed by atoms with E-state index in [-0.39, 0.29) is 0 Å². The Bertz CT molecular complexity index is 597. The van der Waals surface area contributed by atoms with Gasteiger partial charge in [-0.25, -0.2) is 4.98 Å². The first kappa shape index (κ1) is 13.0. The van der Waals surface area contributed by atoms with E-state index in [9.17, 15) is 0 Å². The van der Waals surface area contributed by atoms with Gasteiger partial charge in [-0.1, -0.05) is 6.92 Å². The largest absolute Gasteiger partial charge is 0.494 e. The van der Waals surface area contributed by atoms with Gasteiger partial charge in [0.05, 0.1) is 6.61 Å². The molecule has 4 heteroatoms. The Morgan fingerprint density at radius 2 is 2.00 bits per heavy atom. The van der Waals surface area contributed by atoms with Gasteiger partial charge in [-0.2, -0.15) is 0 Å². The van der Waals surface area contributed by atoms with Crippen LogP contribution in [-0.2, 0) is 0 Å². The molecule has 1 aliphatic carbocycles. The third kappa shape index (κ3) is 2.38. The summed E-state index contributed by atoms with van der Waals surface area (Å²) in [4.78, 5) is 4.63. The number of rotatable bonds is 5. The number of nitrogen functional groups attached to an aromatic ring is 1. The monoisotopic (exact) mass is 271 g/mol. The molecule has 1 aromatic carbocycles. The lowest BCUT2D eigenvalue weighted by Gasteiger charge is -2.06. The second-order valence-corrected chi connectivity index (χ2v) is 5.37. The fraction of sp³-hybridized carbons (Fsp3) is 0.438. The van der Waals surface area contributed by atoms with Crippen LogP contribution in [0, 0.1) is 6.92 Å². The molecule has 106 valence electrons. The van der Waals surface area contributed by atoms with Crippen molar-refractivity contribution in [2.24, 2.45) is 0 Å². The molecule has 0 atom stereocenters. The molecule has 2 aromatic rings. The van der Waals surface area contributed by atoms with E-state index in [4.69, 9.17) is 10.5 Å². The van der Waals surface area contributed by atoms with Gasteiger partial charge in [0.2, 0.25) is 0 Å². The van der Waals surface area contributed by atoms with Crippen LogP contribution in [0.25, 0.3) is 11.3 Å². The van der Waals surface area contributed by atoms with Crippen LogP contribution in [0.4, 0.5) is 5.82 Å². The highest BCUT2D eigenvalue weighted by Gasteiger charge is 2.28. The van der Waals surface area contributed by atoms with Crippen LogP contribution in [0.15, 0.2) is 24.3 Å². The molecule has 0 saturated heterocycles. The highest BCUT2D eigenvalue weighted by atomic mass is 16.5. The van der Waals surface area contributed by atoms with Gasteiger partial charge in [0.15, 0.2) is 0 Å². The van der Waals surface area contributed by atoms with Crippen LogP contribution in [0.2, 0.25) is 0 Å². The van der Waals surface area contributed by atoms with Gasteiger partial charge in [-0.15, -0.1) is 0 Å². The molecule has 20 heavy (non-hydrogen) atoms. The molecule has 1 saturated carbocycles. The number of nitrogens with zero attached hydrogens (tertiary/aromatic N) is 2. The number of hydrogen-bond acceptors (Lipinski definition) is 3. The summed E-state index contributed by atoms with van der Waals surface area (Å²) in [6, 6.07) is 8.58. The molecule has 0 radical (unpaired) electrons. The Hall–Kier alpha value is -1.97. The lowest BCUT2D eigenvalue weighted by atomic mass is 10.1. The normalized spacial score (nSPS) is 14.5. The average Bonchev–Trinajstić information content (AvgIpc) is 3.23. The van der Waals surface area contributed by atoms with Gasteiger partial charge in [0.1, 0.15) is 23.1 Å². The van der Waals surface area contributed by atoms with Crippen LogP contribution in [0.1, 0.15) is 38.1 Å². The predicted octanol–water partition coefficient (Wildman–Crippen LogP) is 3.56. The second kappa shape index (κ2) is 5.19. The molecule has 0 amide bonds. The van der Waals surface area contributed by atoms with E-state index in [1.807, 2.05) is 31.2 Å². The van der Waals surface area contributed by atoms with Crippen molar-refractivity contribution < 1.29 is 4.74 Å². The summed E-state index contributed by atoms with van der Waals surface area (Å²) in [5.74, 6) is 2.69. The number of aromatic nitrogens is 2. The number of benzene rings is 1. The minimum atomic E-state index is 0.559. The smallest absolute Gasteiger partial charge is 0.131 e. The van der Waals surface area contributed by atoms with Crippen molar-refractivity contribution >= 4 is 5.82 Å². The van der Waals surface area contributed by atoms with Crippen molar-refractivity contribution in [2.75, 3.05) is 12.3 Å². The molecule has 0 aliphatic heterocycles. The molecule has 1 aromatic heterocycles. The standard InChI is InChI=1S/C16H21N3O/c1-3-10-20-14-8-4-12(5-9-14)15-16(17)19(11(2)18-15)13-6-7-13/h4-5,8-9,13H,3,6-7,10,17H2,1-2H3. The van der Waals surface area contributed by atoms with Gasteiger partial charge in [-0.05, 0) is 50.5 Å². The van der Waals surface area contributed by atoms with Crippen molar-refractivity contribution in [3.63, 3.8) is 0 Å². The summed E-state index contributed by atoms with van der Waals surface area (Å²) in [5.41, 5.74) is 8.20. The van der Waals surface area contributed by atoms with E-state index in [0.29, 0.717) is 6.04 Å². The zero-order chi connectivity index (χ0) is 14.1. The van der Waals surface area contributed by atoms with Crippen molar-refractivity contribution in [2.45, 2.75) is 39.2 Å². The maximum atomic E-state index is 6.26. The van der Waals surface area contributed by atoms with Crippen LogP contribution >= 0.6 is 0 Å². The SMILES string of the molecule is CCCOc1ccc(-c2nc(C)n(C3CC3)c2N)cc1. The predicted molar refractivity (Wildman–Crippen MR) is 80.9 cm³/mol. The van der Waals surface area contributed by atoms with Crippen LogP contribution in [-0.4, -0.2) is 16.2 Å². The van der Waals surface area contributed by atoms with Crippen LogP contribution in [0.5, 0.6) is 5.75 Å². The second-order valence-electron chi connectivity index (χ2n) is 5.37. The number of imidazole rings is 1. The molecule has 1 fully saturated rings. The quantitative estimate of drug-likeness (QED) is 0.904. The summed E-state index contributed by atoms with van der Waals surface area (Å²) in [6.07, 6.45) is 3.44. The average molecular weight is 271 g/mol. The molecule has 4 nitrogen and oxygen atoms in total. The Kier molecular flexibility index (Phi) is 3.38. The minimum absolute atomic E-state index is 0.559. The fourth-order valence-electron chi connectivity index (χ4n) is 2.50. The lowest BCUT2D eigenvalue weighted by Crippen LogP contribution is -2.02. The van der Waals surface area contributed by atoms with Crippen molar-refractivity contribution in [1.82, 2.24) is 9.55 Å². The Morgan fingerprint density at radius 3 is 2.60 bits per heavy atom. The number of anilines is 1. The van der Waals surface area contributed by atoms with E-state index < -0.39 is 0 Å². The highest BCUT2D eigenvalue weighted by molar-refractivity contribution is 5.71. The van der Waals surface area contributed by atoms with E-state index in [1.165, 1.54) is 12.8 Å². The van der Waals surface area contributed by atoms with E-state index >= 15 is 0 Å². The van der Waals surface area contributed by atoms with Gasteiger partial charge >= 0.3 is 0 Å². The summed E-state index contributed by atoms with van der Waals surface area (Å²) in [6.45, 7) is 4.87. The number of hydrogen-bond donors (Lipinski definition) is 1. The molecule has 0 bridgehead atoms. The van der Waals surface area contributed by atoms with Gasteiger partial charge in [-0.3, -0.25) is 0 Å². The molecule has 3 rings (SSSR count). The first-order valence-electron chi connectivity index (χ1n) is 7.28. The zero-order valence-electron chi connectivity index (χ0n) is 12.1. The molecule has 0 spiro atoms. The zero-order valence-corrected chi connectivity index (χ0v) is 12.1. The first-order chi connectivity index (χ1) is 9.70. The van der Waals surface area contributed by atoms with Crippen molar-refractivity contribution in [3.05, 3.63) is 30.1 Å². The maximum absolute atomic E-state index is 6.26. The topological polar surface area (TPSA) is 53.1 Å². The van der Waals surface area contributed by atoms with Crippen molar-refractivity contribution in [3.8, 4) is 17.0 Å². The molecular weight excluding hydrogens is 250 g/mol.